The van der Waals surface area contributed by atoms with E-state index >= 15 is 0 Å². The van der Waals surface area contributed by atoms with Crippen molar-refractivity contribution in [2.24, 2.45) is 0 Å². The molecule has 9 heteroatoms. The van der Waals surface area contributed by atoms with Gasteiger partial charge in [0.05, 0.1) is 22.0 Å². The Balaban J connectivity index is 2.00. The summed E-state index contributed by atoms with van der Waals surface area (Å²) in [6.45, 7) is 5.35. The number of nitrogens with zero attached hydrogens (tertiary/aromatic N) is 1. The van der Waals surface area contributed by atoms with Gasteiger partial charge in [-0.3, -0.25) is 9.52 Å². The fraction of sp³-hybridized carbons (Fsp3) is 0.316. The minimum absolute atomic E-state index is 0.0330. The maximum Gasteiger partial charge on any atom is 0.262 e. The Kier molecular flexibility index (Phi) is 5.24. The number of para-hydroxylation sites is 1. The third kappa shape index (κ3) is 3.64. The molecule has 1 aliphatic rings. The molecule has 0 atom stereocenters. The summed E-state index contributed by atoms with van der Waals surface area (Å²) >= 11 is 0. The number of carbonyl (C=O) groups is 1. The number of anilines is 2. The normalized spacial score (nSPS) is 16.4. The average molecular weight is 423 g/mol. The average Bonchev–Trinajstić information content (AvgIpc) is 2.89. The van der Waals surface area contributed by atoms with E-state index in [1.54, 1.807) is 6.92 Å². The van der Waals surface area contributed by atoms with Crippen LogP contribution in [0.1, 0.15) is 30.0 Å². The Hall–Kier alpha value is -2.39. The van der Waals surface area contributed by atoms with E-state index in [9.17, 15) is 21.6 Å². The van der Waals surface area contributed by atoms with Gasteiger partial charge in [0.1, 0.15) is 0 Å². The summed E-state index contributed by atoms with van der Waals surface area (Å²) in [5.41, 5.74) is 2.75. The predicted molar refractivity (Wildman–Crippen MR) is 108 cm³/mol. The smallest absolute Gasteiger partial charge is 0.262 e. The number of nitrogens with one attached hydrogen (secondary N) is 1. The minimum Gasteiger partial charge on any atom is -0.279 e. The second kappa shape index (κ2) is 7.21. The molecule has 28 heavy (non-hydrogen) atoms. The molecule has 0 aliphatic carbocycles. The summed E-state index contributed by atoms with van der Waals surface area (Å²) in [4.78, 5) is 12.0. The van der Waals surface area contributed by atoms with Gasteiger partial charge in [-0.25, -0.2) is 21.1 Å². The van der Waals surface area contributed by atoms with Gasteiger partial charge in [0.2, 0.25) is 15.9 Å². The van der Waals surface area contributed by atoms with Crippen molar-refractivity contribution in [3.05, 3.63) is 53.1 Å². The molecule has 1 aliphatic heterocycles. The predicted octanol–water partition coefficient (Wildman–Crippen LogP) is 2.73. The van der Waals surface area contributed by atoms with Crippen molar-refractivity contribution >= 4 is 37.3 Å². The van der Waals surface area contributed by atoms with Gasteiger partial charge >= 0.3 is 0 Å². The SMILES string of the molecule is CCc1cccc(C)c1NS(=O)(=O)c1ccc(N2C(=O)CCS2(=O)=O)cc1C. The van der Waals surface area contributed by atoms with Gasteiger partial charge in [-0.05, 0) is 55.2 Å². The zero-order valence-corrected chi connectivity index (χ0v) is 17.5. The van der Waals surface area contributed by atoms with Gasteiger partial charge in [0.15, 0.2) is 0 Å². The molecule has 0 spiro atoms. The molecular formula is C19H22N2O5S2. The highest BCUT2D eigenvalue weighted by molar-refractivity contribution is 7.94. The van der Waals surface area contributed by atoms with Crippen LogP contribution in [0, 0.1) is 13.8 Å². The number of hydrogen-bond acceptors (Lipinski definition) is 5. The first-order valence-corrected chi connectivity index (χ1v) is 11.9. The van der Waals surface area contributed by atoms with Crippen LogP contribution in [0.25, 0.3) is 0 Å². The highest BCUT2D eigenvalue weighted by Gasteiger charge is 2.36. The van der Waals surface area contributed by atoms with Crippen molar-refractivity contribution in [2.45, 2.75) is 38.5 Å². The number of rotatable bonds is 5. The van der Waals surface area contributed by atoms with E-state index in [2.05, 4.69) is 4.72 Å². The lowest BCUT2D eigenvalue weighted by molar-refractivity contribution is -0.116. The van der Waals surface area contributed by atoms with Gasteiger partial charge in [-0.1, -0.05) is 25.1 Å². The van der Waals surface area contributed by atoms with Gasteiger partial charge in [-0.15, -0.1) is 0 Å². The summed E-state index contributed by atoms with van der Waals surface area (Å²) in [6, 6.07) is 9.66. The molecule has 0 saturated carbocycles. The van der Waals surface area contributed by atoms with Crippen LogP contribution in [0.15, 0.2) is 41.3 Å². The molecule has 1 saturated heterocycles. The first-order chi connectivity index (χ1) is 13.1. The van der Waals surface area contributed by atoms with Crippen LogP contribution in [0.3, 0.4) is 0 Å². The molecule has 7 nitrogen and oxygen atoms in total. The number of hydrogen-bond donors (Lipinski definition) is 1. The van der Waals surface area contributed by atoms with Crippen LogP contribution in [0.4, 0.5) is 11.4 Å². The third-order valence-corrected chi connectivity index (χ3v) is 7.94. The van der Waals surface area contributed by atoms with E-state index in [-0.39, 0.29) is 22.8 Å². The Morgan fingerprint density at radius 3 is 2.39 bits per heavy atom. The zero-order valence-electron chi connectivity index (χ0n) is 15.9. The highest BCUT2D eigenvalue weighted by atomic mass is 32.2. The van der Waals surface area contributed by atoms with Crippen LogP contribution in [-0.2, 0) is 31.3 Å². The molecule has 0 bridgehead atoms. The minimum atomic E-state index is -3.88. The Morgan fingerprint density at radius 1 is 1.11 bits per heavy atom. The Labute approximate surface area is 165 Å². The number of amides is 1. The lowest BCUT2D eigenvalue weighted by atomic mass is 10.1. The van der Waals surface area contributed by atoms with Crippen LogP contribution in [0.2, 0.25) is 0 Å². The van der Waals surface area contributed by atoms with Crippen LogP contribution >= 0.6 is 0 Å². The molecule has 0 radical (unpaired) electrons. The topological polar surface area (TPSA) is 101 Å². The van der Waals surface area contributed by atoms with Crippen molar-refractivity contribution in [2.75, 3.05) is 14.8 Å². The largest absolute Gasteiger partial charge is 0.279 e. The van der Waals surface area contributed by atoms with Crippen molar-refractivity contribution in [1.29, 1.82) is 0 Å². The maximum atomic E-state index is 13.0. The van der Waals surface area contributed by atoms with Gasteiger partial charge in [0, 0.05) is 6.42 Å². The van der Waals surface area contributed by atoms with Crippen LogP contribution in [-0.4, -0.2) is 28.5 Å². The van der Waals surface area contributed by atoms with Gasteiger partial charge in [-0.2, -0.15) is 0 Å². The molecule has 2 aromatic rings. The molecule has 150 valence electrons. The van der Waals surface area contributed by atoms with Crippen molar-refractivity contribution in [3.8, 4) is 0 Å². The fourth-order valence-corrected chi connectivity index (χ4v) is 6.14. The number of benzene rings is 2. The molecule has 3 rings (SSSR count). The molecule has 0 unspecified atom stereocenters. The van der Waals surface area contributed by atoms with E-state index in [4.69, 9.17) is 0 Å². The summed E-state index contributed by atoms with van der Waals surface area (Å²) in [5.74, 6) is -0.750. The molecule has 2 aromatic carbocycles. The number of aryl methyl sites for hydroxylation is 3. The second-order valence-corrected chi connectivity index (χ2v) is 10.3. The monoisotopic (exact) mass is 422 g/mol. The van der Waals surface area contributed by atoms with E-state index in [0.717, 1.165) is 15.4 Å². The Bertz CT molecular complexity index is 1150. The molecule has 1 N–H and O–H groups in total. The molecule has 1 heterocycles. The summed E-state index contributed by atoms with van der Waals surface area (Å²) in [5, 5.41) is 0. The van der Waals surface area contributed by atoms with E-state index < -0.39 is 26.0 Å². The second-order valence-electron chi connectivity index (χ2n) is 6.74. The molecule has 1 amide bonds. The van der Waals surface area contributed by atoms with Crippen molar-refractivity contribution < 1.29 is 21.6 Å². The molecule has 0 aromatic heterocycles. The highest BCUT2D eigenvalue weighted by Crippen LogP contribution is 2.30. The fourth-order valence-electron chi connectivity index (χ4n) is 3.29. The summed E-state index contributed by atoms with van der Waals surface area (Å²) < 4.78 is 53.5. The number of carbonyl (C=O) groups excluding carboxylic acids is 1. The third-order valence-electron chi connectivity index (χ3n) is 4.74. The van der Waals surface area contributed by atoms with E-state index in [1.165, 1.54) is 18.2 Å². The lowest BCUT2D eigenvalue weighted by Crippen LogP contribution is -2.29. The first-order valence-electron chi connectivity index (χ1n) is 8.84. The van der Waals surface area contributed by atoms with Gasteiger partial charge < -0.3 is 0 Å². The Morgan fingerprint density at radius 2 is 1.82 bits per heavy atom. The quantitative estimate of drug-likeness (QED) is 0.798. The summed E-state index contributed by atoms with van der Waals surface area (Å²) in [7, 11) is -7.58. The van der Waals surface area contributed by atoms with Crippen molar-refractivity contribution in [3.63, 3.8) is 0 Å². The zero-order chi connectivity index (χ0) is 20.7. The summed E-state index contributed by atoms with van der Waals surface area (Å²) in [6.07, 6.45) is 0.600. The van der Waals surface area contributed by atoms with E-state index in [0.29, 0.717) is 17.7 Å². The number of sulfonamides is 2. The first kappa shape index (κ1) is 20.3. The maximum absolute atomic E-state index is 13.0. The molecular weight excluding hydrogens is 400 g/mol. The van der Waals surface area contributed by atoms with Gasteiger partial charge in [0.25, 0.3) is 10.0 Å². The standard InChI is InChI=1S/C19H22N2O5S2/c1-4-15-7-5-6-13(2)19(15)20-28(25,26)17-9-8-16(12-14(17)3)21-18(22)10-11-27(21,23)24/h5-9,12,20H,4,10-11H2,1-3H3. The molecule has 1 fully saturated rings. The van der Waals surface area contributed by atoms with Crippen LogP contribution in [0.5, 0.6) is 0 Å². The van der Waals surface area contributed by atoms with Crippen LogP contribution < -0.4 is 9.03 Å². The van der Waals surface area contributed by atoms with E-state index in [1.807, 2.05) is 32.0 Å². The lowest BCUT2D eigenvalue weighted by Gasteiger charge is -2.18. The van der Waals surface area contributed by atoms with Crippen molar-refractivity contribution in [1.82, 2.24) is 0 Å².